The van der Waals surface area contributed by atoms with Gasteiger partial charge in [0.15, 0.2) is 0 Å². The summed E-state index contributed by atoms with van der Waals surface area (Å²) in [4.78, 5) is 0. The Morgan fingerprint density at radius 3 is 2.50 bits per heavy atom. The van der Waals surface area contributed by atoms with Crippen molar-refractivity contribution >= 4 is 38.3 Å². The molecule has 0 atom stereocenters. The average molecular weight is 470 g/mol. The third-order valence-corrected chi connectivity index (χ3v) is 6.80. The van der Waals surface area contributed by atoms with Crippen molar-refractivity contribution in [2.45, 2.75) is 27.2 Å². The van der Waals surface area contributed by atoms with E-state index in [1.54, 1.807) is 6.26 Å². The van der Waals surface area contributed by atoms with Crippen LogP contribution in [0.2, 0.25) is 0 Å². The van der Waals surface area contributed by atoms with Crippen LogP contribution in [0.4, 0.5) is 0 Å². The molecule has 3 aromatic carbocycles. The fourth-order valence-corrected chi connectivity index (χ4v) is 4.89. The SMILES string of the molecule is C=C/C=C(\C(C)=C/C)c1ccc2c(c1)c1ccc3occc3c1n2-c1ccc(C/C=C\C=C/C)cc1. The van der Waals surface area contributed by atoms with Gasteiger partial charge < -0.3 is 8.98 Å². The third kappa shape index (κ3) is 4.16. The molecule has 0 radical (unpaired) electrons. The second-order valence-electron chi connectivity index (χ2n) is 8.97. The molecule has 0 spiro atoms. The third-order valence-electron chi connectivity index (χ3n) is 6.80. The summed E-state index contributed by atoms with van der Waals surface area (Å²) in [6, 6.07) is 22.0. The summed E-state index contributed by atoms with van der Waals surface area (Å²) >= 11 is 0. The van der Waals surface area contributed by atoms with Crippen LogP contribution in [0.25, 0.3) is 44.0 Å². The molecule has 0 saturated heterocycles. The molecule has 36 heavy (non-hydrogen) atoms. The Morgan fingerprint density at radius 1 is 0.917 bits per heavy atom. The highest BCUT2D eigenvalue weighted by Gasteiger charge is 2.17. The highest BCUT2D eigenvalue weighted by molar-refractivity contribution is 6.18. The molecule has 2 heteroatoms. The molecule has 0 aliphatic heterocycles. The molecule has 0 saturated carbocycles. The van der Waals surface area contributed by atoms with Crippen molar-refractivity contribution in [3.05, 3.63) is 133 Å². The highest BCUT2D eigenvalue weighted by Crippen LogP contribution is 2.38. The molecule has 0 amide bonds. The Kier molecular flexibility index (Phi) is 6.60. The van der Waals surface area contributed by atoms with Gasteiger partial charge in [0.25, 0.3) is 0 Å². The van der Waals surface area contributed by atoms with Gasteiger partial charge in [-0.3, -0.25) is 0 Å². The number of allylic oxidation sites excluding steroid dienone is 9. The largest absolute Gasteiger partial charge is 0.464 e. The van der Waals surface area contributed by atoms with Crippen LogP contribution in [0.1, 0.15) is 31.9 Å². The lowest BCUT2D eigenvalue weighted by Crippen LogP contribution is -1.95. The summed E-state index contributed by atoms with van der Waals surface area (Å²) < 4.78 is 8.15. The Hall–Kier alpha value is -4.30. The van der Waals surface area contributed by atoms with Crippen molar-refractivity contribution in [3.63, 3.8) is 0 Å². The molecule has 0 unspecified atom stereocenters. The van der Waals surface area contributed by atoms with Crippen molar-refractivity contribution in [1.29, 1.82) is 0 Å². The molecule has 0 fully saturated rings. The molecule has 2 nitrogen and oxygen atoms in total. The summed E-state index contributed by atoms with van der Waals surface area (Å²) in [6.45, 7) is 10.2. The van der Waals surface area contributed by atoms with Crippen LogP contribution in [-0.2, 0) is 6.42 Å². The van der Waals surface area contributed by atoms with Gasteiger partial charge in [0, 0.05) is 21.8 Å². The maximum Gasteiger partial charge on any atom is 0.136 e. The van der Waals surface area contributed by atoms with Crippen LogP contribution in [0.3, 0.4) is 0 Å². The first-order chi connectivity index (χ1) is 17.7. The molecule has 178 valence electrons. The summed E-state index contributed by atoms with van der Waals surface area (Å²) in [5.41, 5.74) is 9.29. The van der Waals surface area contributed by atoms with Gasteiger partial charge in [0.2, 0.25) is 0 Å². The number of furan rings is 1. The number of fused-ring (bicyclic) bond motifs is 5. The zero-order valence-corrected chi connectivity index (χ0v) is 21.2. The van der Waals surface area contributed by atoms with Gasteiger partial charge in [-0.15, -0.1) is 0 Å². The number of aromatic nitrogens is 1. The topological polar surface area (TPSA) is 18.1 Å². The minimum absolute atomic E-state index is 0.898. The molecule has 5 rings (SSSR count). The van der Waals surface area contributed by atoms with Crippen molar-refractivity contribution in [3.8, 4) is 5.69 Å². The van der Waals surface area contributed by atoms with E-state index in [2.05, 4.69) is 116 Å². The average Bonchev–Trinajstić information content (AvgIpc) is 3.52. The van der Waals surface area contributed by atoms with Gasteiger partial charge >= 0.3 is 0 Å². The Labute approximate surface area is 212 Å². The fraction of sp³-hybridized carbons (Fsp3) is 0.118. The quantitative estimate of drug-likeness (QED) is 0.217. The smallest absolute Gasteiger partial charge is 0.136 e. The van der Waals surface area contributed by atoms with E-state index in [-0.39, 0.29) is 0 Å². The minimum Gasteiger partial charge on any atom is -0.464 e. The van der Waals surface area contributed by atoms with E-state index >= 15 is 0 Å². The summed E-state index contributed by atoms with van der Waals surface area (Å²) in [7, 11) is 0. The lowest BCUT2D eigenvalue weighted by molar-refractivity contribution is 0.616. The zero-order valence-electron chi connectivity index (χ0n) is 21.2. The van der Waals surface area contributed by atoms with E-state index in [9.17, 15) is 0 Å². The second kappa shape index (κ2) is 10.1. The first-order valence-corrected chi connectivity index (χ1v) is 12.4. The molecular formula is C34H31NO. The van der Waals surface area contributed by atoms with Gasteiger partial charge in [-0.05, 0) is 91.9 Å². The second-order valence-corrected chi connectivity index (χ2v) is 8.97. The van der Waals surface area contributed by atoms with Gasteiger partial charge in [0.05, 0.1) is 17.3 Å². The van der Waals surface area contributed by atoms with E-state index in [0.29, 0.717) is 0 Å². The van der Waals surface area contributed by atoms with Crippen molar-refractivity contribution in [1.82, 2.24) is 4.57 Å². The van der Waals surface area contributed by atoms with E-state index in [4.69, 9.17) is 4.42 Å². The minimum atomic E-state index is 0.898. The molecule has 0 aliphatic carbocycles. The van der Waals surface area contributed by atoms with E-state index in [1.165, 1.54) is 44.1 Å². The molecule has 2 aromatic heterocycles. The number of hydrogen-bond donors (Lipinski definition) is 0. The first-order valence-electron chi connectivity index (χ1n) is 12.4. The van der Waals surface area contributed by atoms with Crippen LogP contribution < -0.4 is 0 Å². The maximum absolute atomic E-state index is 5.78. The molecule has 0 N–H and O–H groups in total. The van der Waals surface area contributed by atoms with Gasteiger partial charge in [-0.2, -0.15) is 0 Å². The van der Waals surface area contributed by atoms with E-state index in [1.807, 2.05) is 19.1 Å². The lowest BCUT2D eigenvalue weighted by atomic mass is 9.96. The Balaban J connectivity index is 1.73. The Bertz CT molecular complexity index is 1680. The van der Waals surface area contributed by atoms with Gasteiger partial charge in [-0.1, -0.05) is 67.3 Å². The number of benzene rings is 3. The Morgan fingerprint density at radius 2 is 1.75 bits per heavy atom. The zero-order chi connectivity index (χ0) is 25.1. The van der Waals surface area contributed by atoms with Crippen LogP contribution in [-0.4, -0.2) is 4.57 Å². The van der Waals surface area contributed by atoms with Crippen molar-refractivity contribution in [2.75, 3.05) is 0 Å². The number of rotatable bonds is 7. The normalized spacial score (nSPS) is 13.2. The molecule has 0 bridgehead atoms. The van der Waals surface area contributed by atoms with E-state index < -0.39 is 0 Å². The molecule has 2 heterocycles. The van der Waals surface area contributed by atoms with Crippen molar-refractivity contribution in [2.24, 2.45) is 0 Å². The lowest BCUT2D eigenvalue weighted by Gasteiger charge is -2.11. The van der Waals surface area contributed by atoms with E-state index in [0.717, 1.165) is 23.1 Å². The predicted molar refractivity (Wildman–Crippen MR) is 156 cm³/mol. The standard InChI is InChI=1S/C34H31NO/c1-5-8-9-10-12-25-13-16-27(17-14-25)35-32-19-15-26(28(11-6-2)24(4)7-3)23-31(32)29-18-20-33-30(34(29)35)21-22-36-33/h5-11,13-23H,2,12H2,1,3-4H3/b8-5-,10-9-,24-7-,28-11+. The van der Waals surface area contributed by atoms with Gasteiger partial charge in [-0.25, -0.2) is 0 Å². The van der Waals surface area contributed by atoms with Gasteiger partial charge in [0.1, 0.15) is 5.58 Å². The van der Waals surface area contributed by atoms with Crippen LogP contribution in [0.15, 0.2) is 126 Å². The molecule has 0 aliphatic rings. The predicted octanol–water partition coefficient (Wildman–Crippen LogP) is 9.74. The summed E-state index contributed by atoms with van der Waals surface area (Å²) in [5, 5.41) is 3.56. The maximum atomic E-state index is 5.78. The monoisotopic (exact) mass is 469 g/mol. The number of nitrogens with zero attached hydrogens (tertiary/aromatic N) is 1. The van der Waals surface area contributed by atoms with Crippen molar-refractivity contribution < 1.29 is 4.42 Å². The first kappa shape index (κ1) is 23.4. The van der Waals surface area contributed by atoms with Crippen LogP contribution in [0, 0.1) is 0 Å². The van der Waals surface area contributed by atoms with Crippen LogP contribution >= 0.6 is 0 Å². The summed E-state index contributed by atoms with van der Waals surface area (Å²) in [6.07, 6.45) is 17.2. The molecule has 5 aromatic rings. The fourth-order valence-electron chi connectivity index (χ4n) is 4.89. The van der Waals surface area contributed by atoms with Crippen LogP contribution in [0.5, 0.6) is 0 Å². The molecular weight excluding hydrogens is 438 g/mol. The number of hydrogen-bond acceptors (Lipinski definition) is 1. The highest BCUT2D eigenvalue weighted by atomic mass is 16.3. The summed E-state index contributed by atoms with van der Waals surface area (Å²) in [5.74, 6) is 0.